The maximum Gasteiger partial charge on any atom is 0.126 e. The number of nitrogens with one attached hydrogen (secondary N) is 1. The summed E-state index contributed by atoms with van der Waals surface area (Å²) in [7, 11) is 1.78. The molecular formula is C11H16N2O. The van der Waals surface area contributed by atoms with E-state index in [0.29, 0.717) is 12.1 Å². The molecule has 1 aromatic heterocycles. The molecule has 0 aliphatic heterocycles. The number of aromatic nitrogens is 1. The van der Waals surface area contributed by atoms with Crippen molar-refractivity contribution in [3.05, 3.63) is 24.4 Å². The molecular weight excluding hydrogens is 176 g/mol. The van der Waals surface area contributed by atoms with Crippen molar-refractivity contribution in [2.45, 2.75) is 31.4 Å². The molecule has 1 aromatic rings. The molecule has 1 aliphatic rings. The van der Waals surface area contributed by atoms with E-state index in [1.54, 1.807) is 13.3 Å². The van der Waals surface area contributed by atoms with E-state index in [1.807, 2.05) is 18.2 Å². The van der Waals surface area contributed by atoms with Gasteiger partial charge in [-0.2, -0.15) is 0 Å². The summed E-state index contributed by atoms with van der Waals surface area (Å²) in [5.41, 5.74) is 0. The molecule has 1 fully saturated rings. The second-order valence-electron chi connectivity index (χ2n) is 3.67. The Balaban J connectivity index is 1.97. The summed E-state index contributed by atoms with van der Waals surface area (Å²) in [4.78, 5) is 4.24. The molecule has 1 N–H and O–H groups in total. The summed E-state index contributed by atoms with van der Waals surface area (Å²) in [6.45, 7) is 0. The number of pyridine rings is 1. The van der Waals surface area contributed by atoms with Crippen molar-refractivity contribution in [1.82, 2.24) is 4.98 Å². The molecule has 2 atom stereocenters. The highest BCUT2D eigenvalue weighted by atomic mass is 16.5. The van der Waals surface area contributed by atoms with Crippen LogP contribution in [0.2, 0.25) is 0 Å². The molecule has 0 radical (unpaired) electrons. The summed E-state index contributed by atoms with van der Waals surface area (Å²) >= 11 is 0. The number of ether oxygens (including phenoxy) is 1. The maximum atomic E-state index is 5.41. The van der Waals surface area contributed by atoms with Crippen LogP contribution in [0.4, 0.5) is 5.82 Å². The van der Waals surface area contributed by atoms with Crippen molar-refractivity contribution in [1.29, 1.82) is 0 Å². The molecule has 3 heteroatoms. The van der Waals surface area contributed by atoms with E-state index in [4.69, 9.17) is 4.74 Å². The number of nitrogens with zero attached hydrogens (tertiary/aromatic N) is 1. The van der Waals surface area contributed by atoms with Gasteiger partial charge in [-0.05, 0) is 31.4 Å². The van der Waals surface area contributed by atoms with E-state index >= 15 is 0 Å². The molecule has 1 aliphatic carbocycles. The minimum Gasteiger partial charge on any atom is -0.379 e. The van der Waals surface area contributed by atoms with Gasteiger partial charge in [0.05, 0.1) is 12.1 Å². The Bertz CT molecular complexity index is 276. The highest BCUT2D eigenvalue weighted by Gasteiger charge is 2.26. The minimum absolute atomic E-state index is 0.344. The Morgan fingerprint density at radius 2 is 2.36 bits per heavy atom. The molecule has 3 nitrogen and oxygen atoms in total. The number of rotatable bonds is 3. The van der Waals surface area contributed by atoms with Crippen molar-refractivity contribution >= 4 is 5.82 Å². The molecule has 1 saturated carbocycles. The third kappa shape index (κ3) is 2.04. The Labute approximate surface area is 84.5 Å². The topological polar surface area (TPSA) is 34.1 Å². The van der Waals surface area contributed by atoms with E-state index in [-0.39, 0.29) is 0 Å². The van der Waals surface area contributed by atoms with Crippen LogP contribution in [-0.4, -0.2) is 24.2 Å². The van der Waals surface area contributed by atoms with Crippen LogP contribution >= 0.6 is 0 Å². The normalized spacial score (nSPS) is 26.4. The lowest BCUT2D eigenvalue weighted by Gasteiger charge is -2.19. The zero-order chi connectivity index (χ0) is 9.80. The third-order valence-corrected chi connectivity index (χ3v) is 2.75. The van der Waals surface area contributed by atoms with Gasteiger partial charge in [-0.1, -0.05) is 6.07 Å². The van der Waals surface area contributed by atoms with Gasteiger partial charge in [-0.15, -0.1) is 0 Å². The van der Waals surface area contributed by atoms with Gasteiger partial charge in [0, 0.05) is 13.3 Å². The van der Waals surface area contributed by atoms with Crippen LogP contribution in [-0.2, 0) is 4.74 Å². The second kappa shape index (κ2) is 4.42. The van der Waals surface area contributed by atoms with Crippen molar-refractivity contribution in [3.8, 4) is 0 Å². The molecule has 2 unspecified atom stereocenters. The fraction of sp³-hybridized carbons (Fsp3) is 0.545. The number of hydrogen-bond donors (Lipinski definition) is 1. The third-order valence-electron chi connectivity index (χ3n) is 2.75. The predicted octanol–water partition coefficient (Wildman–Crippen LogP) is 2.06. The molecule has 1 heterocycles. The quantitative estimate of drug-likeness (QED) is 0.796. The van der Waals surface area contributed by atoms with E-state index in [2.05, 4.69) is 10.3 Å². The lowest BCUT2D eigenvalue weighted by molar-refractivity contribution is 0.101. The summed E-state index contributed by atoms with van der Waals surface area (Å²) in [6.07, 6.45) is 5.72. The number of hydrogen-bond acceptors (Lipinski definition) is 3. The predicted molar refractivity (Wildman–Crippen MR) is 56.3 cm³/mol. The first-order chi connectivity index (χ1) is 6.90. The highest BCUT2D eigenvalue weighted by molar-refractivity contribution is 5.35. The van der Waals surface area contributed by atoms with Gasteiger partial charge in [0.15, 0.2) is 0 Å². The summed E-state index contributed by atoms with van der Waals surface area (Å²) in [6, 6.07) is 6.33. The Kier molecular flexibility index (Phi) is 2.99. The summed E-state index contributed by atoms with van der Waals surface area (Å²) in [5.74, 6) is 0.946. The van der Waals surface area contributed by atoms with Crippen molar-refractivity contribution in [2.24, 2.45) is 0 Å². The van der Waals surface area contributed by atoms with Crippen LogP contribution in [0.25, 0.3) is 0 Å². The summed E-state index contributed by atoms with van der Waals surface area (Å²) < 4.78 is 5.41. The van der Waals surface area contributed by atoms with E-state index in [9.17, 15) is 0 Å². The van der Waals surface area contributed by atoms with Crippen LogP contribution in [0.15, 0.2) is 24.4 Å². The standard InChI is InChI=1S/C11H16N2O/c1-14-10-6-4-5-9(10)13-11-7-2-3-8-12-11/h2-3,7-10H,4-6H2,1H3,(H,12,13). The number of methoxy groups -OCH3 is 1. The Hall–Kier alpha value is -1.09. The summed E-state index contributed by atoms with van der Waals surface area (Å²) in [5, 5.41) is 3.41. The SMILES string of the molecule is COC1CCCC1Nc1ccccn1. The molecule has 0 spiro atoms. The smallest absolute Gasteiger partial charge is 0.126 e. The van der Waals surface area contributed by atoms with Gasteiger partial charge in [-0.3, -0.25) is 0 Å². The lowest BCUT2D eigenvalue weighted by atomic mass is 10.2. The maximum absolute atomic E-state index is 5.41. The van der Waals surface area contributed by atoms with E-state index in [0.717, 1.165) is 12.2 Å². The van der Waals surface area contributed by atoms with E-state index in [1.165, 1.54) is 12.8 Å². The van der Waals surface area contributed by atoms with Gasteiger partial charge < -0.3 is 10.1 Å². The highest BCUT2D eigenvalue weighted by Crippen LogP contribution is 2.24. The van der Waals surface area contributed by atoms with Crippen LogP contribution in [0, 0.1) is 0 Å². The van der Waals surface area contributed by atoms with Crippen LogP contribution in [0.5, 0.6) is 0 Å². The second-order valence-corrected chi connectivity index (χ2v) is 3.67. The molecule has 2 rings (SSSR count). The van der Waals surface area contributed by atoms with Gasteiger partial charge in [0.2, 0.25) is 0 Å². The van der Waals surface area contributed by atoms with Crippen LogP contribution in [0.3, 0.4) is 0 Å². The molecule has 0 amide bonds. The van der Waals surface area contributed by atoms with Crippen molar-refractivity contribution < 1.29 is 4.74 Å². The zero-order valence-electron chi connectivity index (χ0n) is 8.44. The van der Waals surface area contributed by atoms with Gasteiger partial charge in [0.25, 0.3) is 0 Å². The first kappa shape index (κ1) is 9.46. The molecule has 0 bridgehead atoms. The fourth-order valence-electron chi connectivity index (χ4n) is 2.01. The zero-order valence-corrected chi connectivity index (χ0v) is 8.44. The number of anilines is 1. The van der Waals surface area contributed by atoms with Crippen molar-refractivity contribution in [2.75, 3.05) is 12.4 Å². The molecule has 76 valence electrons. The molecule has 0 aromatic carbocycles. The monoisotopic (exact) mass is 192 g/mol. The molecule has 14 heavy (non-hydrogen) atoms. The fourth-order valence-corrected chi connectivity index (χ4v) is 2.01. The molecule has 0 saturated heterocycles. The van der Waals surface area contributed by atoms with Crippen LogP contribution in [0.1, 0.15) is 19.3 Å². The van der Waals surface area contributed by atoms with Gasteiger partial charge >= 0.3 is 0 Å². The van der Waals surface area contributed by atoms with Crippen LogP contribution < -0.4 is 5.32 Å². The first-order valence-electron chi connectivity index (χ1n) is 5.10. The minimum atomic E-state index is 0.344. The average molecular weight is 192 g/mol. The Morgan fingerprint density at radius 1 is 1.43 bits per heavy atom. The van der Waals surface area contributed by atoms with Gasteiger partial charge in [-0.25, -0.2) is 4.98 Å². The largest absolute Gasteiger partial charge is 0.379 e. The average Bonchev–Trinajstić information content (AvgIpc) is 2.67. The van der Waals surface area contributed by atoms with E-state index < -0.39 is 0 Å². The Morgan fingerprint density at radius 3 is 3.07 bits per heavy atom. The first-order valence-corrected chi connectivity index (χ1v) is 5.10. The van der Waals surface area contributed by atoms with Gasteiger partial charge in [0.1, 0.15) is 5.82 Å². The lowest BCUT2D eigenvalue weighted by Crippen LogP contribution is -2.29. The van der Waals surface area contributed by atoms with Crippen molar-refractivity contribution in [3.63, 3.8) is 0 Å².